The Bertz CT molecular complexity index is 475. The largest absolute Gasteiger partial charge is 0.465 e. The number of ether oxygens (including phenoxy) is 1. The maximum atomic E-state index is 11.8. The van der Waals surface area contributed by atoms with Crippen LogP contribution in [-0.4, -0.2) is 37.1 Å². The van der Waals surface area contributed by atoms with E-state index in [4.69, 9.17) is 5.73 Å². The fourth-order valence-corrected chi connectivity index (χ4v) is 1.99. The van der Waals surface area contributed by atoms with Crippen LogP contribution in [0.1, 0.15) is 16.8 Å². The molecule has 0 spiro atoms. The number of nitrogens with zero attached hydrogens (tertiary/aromatic N) is 2. The number of carbonyl (C=O) groups is 2. The molecule has 0 bridgehead atoms. The molecule has 0 radical (unpaired) electrons. The van der Waals surface area contributed by atoms with Crippen molar-refractivity contribution in [2.24, 2.45) is 11.7 Å². The topological polar surface area (TPSA) is 85.5 Å². The Morgan fingerprint density at radius 3 is 3.00 bits per heavy atom. The molecule has 0 aliphatic carbocycles. The van der Waals surface area contributed by atoms with Crippen LogP contribution in [0.5, 0.6) is 0 Å². The highest BCUT2D eigenvalue weighted by Crippen LogP contribution is 2.24. The predicted molar refractivity (Wildman–Crippen MR) is 65.1 cm³/mol. The lowest BCUT2D eigenvalue weighted by Crippen LogP contribution is -2.26. The minimum absolute atomic E-state index is 0.00858. The second-order valence-electron chi connectivity index (χ2n) is 4.23. The van der Waals surface area contributed by atoms with Gasteiger partial charge in [0.05, 0.1) is 24.6 Å². The van der Waals surface area contributed by atoms with Gasteiger partial charge in [-0.3, -0.25) is 9.78 Å². The van der Waals surface area contributed by atoms with Crippen LogP contribution in [0.3, 0.4) is 0 Å². The summed E-state index contributed by atoms with van der Waals surface area (Å²) in [5.74, 6) is -0.292. The zero-order chi connectivity index (χ0) is 13.1. The SMILES string of the molecule is COC(=O)c1cncc(N2CC(CN)CC2=O)c1. The third-order valence-electron chi connectivity index (χ3n) is 3.00. The number of hydrogen-bond donors (Lipinski definition) is 1. The molecule has 1 saturated heterocycles. The molecule has 18 heavy (non-hydrogen) atoms. The lowest BCUT2D eigenvalue weighted by molar-refractivity contribution is -0.117. The van der Waals surface area contributed by atoms with Gasteiger partial charge in [0, 0.05) is 19.2 Å². The summed E-state index contributed by atoms with van der Waals surface area (Å²) in [6.45, 7) is 1.05. The van der Waals surface area contributed by atoms with E-state index in [1.807, 2.05) is 0 Å². The molecule has 1 aromatic heterocycles. The van der Waals surface area contributed by atoms with Crippen LogP contribution < -0.4 is 10.6 Å². The molecule has 1 aromatic rings. The van der Waals surface area contributed by atoms with Gasteiger partial charge in [0.25, 0.3) is 0 Å². The van der Waals surface area contributed by atoms with Gasteiger partial charge in [-0.05, 0) is 18.5 Å². The van der Waals surface area contributed by atoms with Crippen molar-refractivity contribution in [3.05, 3.63) is 24.0 Å². The number of nitrogens with two attached hydrogens (primary N) is 1. The fraction of sp³-hybridized carbons (Fsp3) is 0.417. The van der Waals surface area contributed by atoms with Crippen LogP contribution in [0.2, 0.25) is 0 Å². The summed E-state index contributed by atoms with van der Waals surface area (Å²) in [6, 6.07) is 1.61. The quantitative estimate of drug-likeness (QED) is 0.772. The first-order chi connectivity index (χ1) is 8.65. The van der Waals surface area contributed by atoms with Crippen molar-refractivity contribution in [2.45, 2.75) is 6.42 Å². The van der Waals surface area contributed by atoms with Crippen LogP contribution >= 0.6 is 0 Å². The Morgan fingerprint density at radius 1 is 1.61 bits per heavy atom. The smallest absolute Gasteiger partial charge is 0.339 e. The maximum Gasteiger partial charge on any atom is 0.339 e. The molecule has 2 N–H and O–H groups in total. The Balaban J connectivity index is 2.24. The molecule has 1 fully saturated rings. The van der Waals surface area contributed by atoms with Crippen LogP contribution in [-0.2, 0) is 9.53 Å². The second-order valence-corrected chi connectivity index (χ2v) is 4.23. The van der Waals surface area contributed by atoms with Gasteiger partial charge in [0.1, 0.15) is 0 Å². The van der Waals surface area contributed by atoms with E-state index in [9.17, 15) is 9.59 Å². The zero-order valence-electron chi connectivity index (χ0n) is 10.1. The summed E-state index contributed by atoms with van der Waals surface area (Å²) in [4.78, 5) is 28.8. The summed E-state index contributed by atoms with van der Waals surface area (Å²) in [6.07, 6.45) is 3.42. The van der Waals surface area contributed by atoms with Gasteiger partial charge in [0.2, 0.25) is 5.91 Å². The molecule has 2 rings (SSSR count). The first-order valence-corrected chi connectivity index (χ1v) is 5.69. The Labute approximate surface area is 105 Å². The van der Waals surface area contributed by atoms with E-state index in [-0.39, 0.29) is 11.8 Å². The average molecular weight is 249 g/mol. The van der Waals surface area contributed by atoms with Gasteiger partial charge in [-0.1, -0.05) is 0 Å². The average Bonchev–Trinajstić information content (AvgIpc) is 2.79. The molecule has 1 aliphatic heterocycles. The van der Waals surface area contributed by atoms with Crippen LogP contribution in [0.4, 0.5) is 5.69 Å². The Morgan fingerprint density at radius 2 is 2.39 bits per heavy atom. The number of aromatic nitrogens is 1. The highest BCUT2D eigenvalue weighted by molar-refractivity contribution is 5.97. The number of pyridine rings is 1. The number of rotatable bonds is 3. The van der Waals surface area contributed by atoms with Gasteiger partial charge >= 0.3 is 5.97 Å². The highest BCUT2D eigenvalue weighted by Gasteiger charge is 2.30. The van der Waals surface area contributed by atoms with Gasteiger partial charge in [-0.25, -0.2) is 4.79 Å². The number of amides is 1. The molecule has 1 unspecified atom stereocenters. The van der Waals surface area contributed by atoms with E-state index >= 15 is 0 Å². The van der Waals surface area contributed by atoms with Crippen molar-refractivity contribution in [2.75, 3.05) is 25.1 Å². The third-order valence-corrected chi connectivity index (χ3v) is 3.00. The summed E-state index contributed by atoms with van der Waals surface area (Å²) in [5, 5.41) is 0. The lowest BCUT2D eigenvalue weighted by Gasteiger charge is -2.16. The maximum absolute atomic E-state index is 11.8. The van der Waals surface area contributed by atoms with Gasteiger partial charge in [-0.15, -0.1) is 0 Å². The van der Waals surface area contributed by atoms with Crippen molar-refractivity contribution in [3.63, 3.8) is 0 Å². The highest BCUT2D eigenvalue weighted by atomic mass is 16.5. The van der Waals surface area contributed by atoms with Crippen molar-refractivity contribution < 1.29 is 14.3 Å². The molecule has 1 amide bonds. The predicted octanol–water partition coefficient (Wildman–Crippen LogP) is 0.180. The van der Waals surface area contributed by atoms with Crippen molar-refractivity contribution >= 4 is 17.6 Å². The minimum Gasteiger partial charge on any atom is -0.465 e. The molecule has 0 saturated carbocycles. The van der Waals surface area contributed by atoms with Crippen molar-refractivity contribution in [1.29, 1.82) is 0 Å². The van der Waals surface area contributed by atoms with E-state index in [1.54, 1.807) is 17.2 Å². The molecule has 1 atom stereocenters. The molecular weight excluding hydrogens is 234 g/mol. The number of esters is 1. The number of hydrogen-bond acceptors (Lipinski definition) is 5. The summed E-state index contributed by atoms with van der Waals surface area (Å²) < 4.78 is 4.62. The standard InChI is InChI=1S/C12H15N3O3/c1-18-12(17)9-3-10(6-14-5-9)15-7-8(4-13)2-11(15)16/h3,5-6,8H,2,4,7,13H2,1H3. The summed E-state index contributed by atoms with van der Waals surface area (Å²) >= 11 is 0. The number of carbonyl (C=O) groups excluding carboxylic acids is 2. The monoisotopic (exact) mass is 249 g/mol. The summed E-state index contributed by atoms with van der Waals surface area (Å²) in [7, 11) is 1.31. The van der Waals surface area contributed by atoms with E-state index < -0.39 is 5.97 Å². The van der Waals surface area contributed by atoms with Gasteiger partial charge in [-0.2, -0.15) is 0 Å². The van der Waals surface area contributed by atoms with Gasteiger partial charge < -0.3 is 15.4 Å². The third kappa shape index (κ3) is 2.33. The first-order valence-electron chi connectivity index (χ1n) is 5.69. The second kappa shape index (κ2) is 5.14. The molecule has 96 valence electrons. The van der Waals surface area contributed by atoms with Crippen LogP contribution in [0.25, 0.3) is 0 Å². The molecule has 1 aliphatic rings. The summed E-state index contributed by atoms with van der Waals surface area (Å²) in [5.41, 5.74) is 6.51. The van der Waals surface area contributed by atoms with Crippen LogP contribution in [0, 0.1) is 5.92 Å². The van der Waals surface area contributed by atoms with Crippen LogP contribution in [0.15, 0.2) is 18.5 Å². The normalized spacial score (nSPS) is 19.1. The van der Waals surface area contributed by atoms with Gasteiger partial charge in [0.15, 0.2) is 0 Å². The van der Waals surface area contributed by atoms with E-state index in [0.717, 1.165) is 0 Å². The lowest BCUT2D eigenvalue weighted by atomic mass is 10.1. The van der Waals surface area contributed by atoms with E-state index in [1.165, 1.54) is 13.3 Å². The van der Waals surface area contributed by atoms with E-state index in [2.05, 4.69) is 9.72 Å². The van der Waals surface area contributed by atoms with Crippen molar-refractivity contribution in [3.8, 4) is 0 Å². The molecule has 6 nitrogen and oxygen atoms in total. The Hall–Kier alpha value is -1.95. The molecule has 6 heteroatoms. The number of anilines is 1. The molecule has 2 heterocycles. The Kier molecular flexibility index (Phi) is 3.57. The fourth-order valence-electron chi connectivity index (χ4n) is 1.99. The van der Waals surface area contributed by atoms with E-state index in [0.29, 0.717) is 30.8 Å². The van der Waals surface area contributed by atoms with Crippen molar-refractivity contribution in [1.82, 2.24) is 4.98 Å². The molecular formula is C12H15N3O3. The number of methoxy groups -OCH3 is 1. The molecule has 0 aromatic carbocycles. The zero-order valence-corrected chi connectivity index (χ0v) is 10.1. The first kappa shape index (κ1) is 12.5. The minimum atomic E-state index is -0.466.